The van der Waals surface area contributed by atoms with Gasteiger partial charge in [-0.25, -0.2) is 23.7 Å². The topological polar surface area (TPSA) is 119 Å². The molecule has 3 heterocycles. The second-order valence-corrected chi connectivity index (χ2v) is 7.91. The van der Waals surface area contributed by atoms with Gasteiger partial charge in [0.2, 0.25) is 11.8 Å². The van der Waals surface area contributed by atoms with Crippen molar-refractivity contribution in [3.8, 4) is 0 Å². The standard InChI is InChI=1S/C20H20ClF2N7O2/c1-10-28-17-18(24)26-9-27-19(17)29(10)8-15(31)30-7-12(22)5-14(30)20(32)25-6-11-3-2-4-13(21)16(11)23/h2-4,9,12,14H,5-8H2,1H3,(H,25,32)(H2,24,26,27)/t12-,14-/m1/s1. The smallest absolute Gasteiger partial charge is 0.243 e. The van der Waals surface area contributed by atoms with Gasteiger partial charge in [-0.2, -0.15) is 0 Å². The number of halogens is 3. The van der Waals surface area contributed by atoms with Gasteiger partial charge >= 0.3 is 0 Å². The molecule has 0 spiro atoms. The quantitative estimate of drug-likeness (QED) is 0.595. The van der Waals surface area contributed by atoms with Crippen molar-refractivity contribution >= 4 is 40.4 Å². The summed E-state index contributed by atoms with van der Waals surface area (Å²) in [5, 5.41) is 2.50. The van der Waals surface area contributed by atoms with E-state index in [9.17, 15) is 18.4 Å². The van der Waals surface area contributed by atoms with Gasteiger partial charge in [-0.3, -0.25) is 9.59 Å². The largest absolute Gasteiger partial charge is 0.382 e. The number of carbonyl (C=O) groups excluding carboxylic acids is 2. The van der Waals surface area contributed by atoms with E-state index in [0.29, 0.717) is 17.0 Å². The SMILES string of the molecule is Cc1nc2c(N)ncnc2n1CC(=O)N1C[C@H](F)C[C@@H]1C(=O)NCc1cccc(Cl)c1F. The minimum absolute atomic E-state index is 0.0642. The predicted octanol–water partition coefficient (Wildman–Crippen LogP) is 1.76. The highest BCUT2D eigenvalue weighted by atomic mass is 35.5. The molecule has 3 aromatic rings. The number of nitrogens with zero attached hydrogens (tertiary/aromatic N) is 5. The van der Waals surface area contributed by atoms with Crippen molar-refractivity contribution in [1.82, 2.24) is 29.7 Å². The lowest BCUT2D eigenvalue weighted by atomic mass is 10.1. The number of imidazole rings is 1. The number of aryl methyl sites for hydroxylation is 1. The molecule has 3 N–H and O–H groups in total. The highest BCUT2D eigenvalue weighted by molar-refractivity contribution is 6.30. The van der Waals surface area contributed by atoms with E-state index in [0.717, 1.165) is 0 Å². The van der Waals surface area contributed by atoms with E-state index < -0.39 is 29.8 Å². The van der Waals surface area contributed by atoms with Crippen molar-refractivity contribution in [2.24, 2.45) is 0 Å². The summed E-state index contributed by atoms with van der Waals surface area (Å²) in [6.07, 6.45) is -0.233. The van der Waals surface area contributed by atoms with E-state index in [2.05, 4.69) is 20.3 Å². The van der Waals surface area contributed by atoms with E-state index in [1.165, 1.54) is 27.9 Å². The first kappa shape index (κ1) is 21.9. The van der Waals surface area contributed by atoms with Crippen LogP contribution >= 0.6 is 11.6 Å². The first-order valence-electron chi connectivity index (χ1n) is 9.83. The van der Waals surface area contributed by atoms with Gasteiger partial charge in [-0.15, -0.1) is 0 Å². The Kier molecular flexibility index (Phi) is 5.92. The number of anilines is 1. The molecule has 0 radical (unpaired) electrons. The van der Waals surface area contributed by atoms with E-state index in [1.54, 1.807) is 13.0 Å². The minimum atomic E-state index is -1.35. The second kappa shape index (κ2) is 8.65. The minimum Gasteiger partial charge on any atom is -0.382 e. The van der Waals surface area contributed by atoms with Crippen molar-refractivity contribution in [1.29, 1.82) is 0 Å². The summed E-state index contributed by atoms with van der Waals surface area (Å²) >= 11 is 5.76. The fourth-order valence-electron chi connectivity index (χ4n) is 3.77. The number of amides is 2. The van der Waals surface area contributed by atoms with Gasteiger partial charge in [0.1, 0.15) is 36.7 Å². The Morgan fingerprint density at radius 1 is 1.34 bits per heavy atom. The molecular weight excluding hydrogens is 444 g/mol. The molecule has 2 atom stereocenters. The maximum Gasteiger partial charge on any atom is 0.243 e. The van der Waals surface area contributed by atoms with E-state index >= 15 is 0 Å². The molecule has 1 aliphatic rings. The summed E-state index contributed by atoms with van der Waals surface area (Å²) in [6.45, 7) is 1.13. The number of aromatic nitrogens is 4. The molecule has 168 valence electrons. The summed E-state index contributed by atoms with van der Waals surface area (Å²) in [5.41, 5.74) is 6.74. The zero-order chi connectivity index (χ0) is 23.0. The molecule has 32 heavy (non-hydrogen) atoms. The maximum absolute atomic E-state index is 14.2. The third-order valence-electron chi connectivity index (χ3n) is 5.40. The van der Waals surface area contributed by atoms with Crippen LogP contribution in [0.15, 0.2) is 24.5 Å². The van der Waals surface area contributed by atoms with Crippen LogP contribution in [0.4, 0.5) is 14.6 Å². The van der Waals surface area contributed by atoms with Crippen LogP contribution in [0.5, 0.6) is 0 Å². The number of rotatable bonds is 5. The van der Waals surface area contributed by atoms with Gasteiger partial charge in [0.15, 0.2) is 17.0 Å². The second-order valence-electron chi connectivity index (χ2n) is 7.50. The number of benzene rings is 1. The molecule has 12 heteroatoms. The zero-order valence-corrected chi connectivity index (χ0v) is 17.8. The van der Waals surface area contributed by atoms with Gasteiger partial charge in [0.05, 0.1) is 11.6 Å². The van der Waals surface area contributed by atoms with E-state index in [-0.39, 0.29) is 42.5 Å². The van der Waals surface area contributed by atoms with Crippen LogP contribution in [0.3, 0.4) is 0 Å². The molecule has 1 aliphatic heterocycles. The van der Waals surface area contributed by atoms with Gasteiger partial charge in [-0.1, -0.05) is 23.7 Å². The van der Waals surface area contributed by atoms with Crippen LogP contribution in [0, 0.1) is 12.7 Å². The van der Waals surface area contributed by atoms with E-state index in [1.807, 2.05) is 0 Å². The Balaban J connectivity index is 1.49. The third-order valence-corrected chi connectivity index (χ3v) is 5.69. The summed E-state index contributed by atoms with van der Waals surface area (Å²) in [5.74, 6) is -1.02. The van der Waals surface area contributed by atoms with Crippen molar-refractivity contribution < 1.29 is 18.4 Å². The highest BCUT2D eigenvalue weighted by Crippen LogP contribution is 2.24. The van der Waals surface area contributed by atoms with Crippen LogP contribution in [0.1, 0.15) is 17.8 Å². The van der Waals surface area contributed by atoms with Crippen LogP contribution in [-0.4, -0.2) is 55.0 Å². The Morgan fingerprint density at radius 3 is 2.91 bits per heavy atom. The van der Waals surface area contributed by atoms with Crippen molar-refractivity contribution in [3.63, 3.8) is 0 Å². The van der Waals surface area contributed by atoms with Gasteiger partial charge < -0.3 is 20.5 Å². The molecule has 0 saturated carbocycles. The Bertz CT molecular complexity index is 1200. The lowest BCUT2D eigenvalue weighted by Crippen LogP contribution is -2.46. The number of likely N-dealkylation sites (tertiary alicyclic amines) is 1. The highest BCUT2D eigenvalue weighted by Gasteiger charge is 2.40. The van der Waals surface area contributed by atoms with E-state index in [4.69, 9.17) is 17.3 Å². The number of hydrogen-bond acceptors (Lipinski definition) is 6. The van der Waals surface area contributed by atoms with Crippen LogP contribution in [-0.2, 0) is 22.7 Å². The number of nitrogens with one attached hydrogen (secondary N) is 1. The predicted molar refractivity (Wildman–Crippen MR) is 113 cm³/mol. The average molecular weight is 464 g/mol. The molecular formula is C20H20ClF2N7O2. The number of nitrogens with two attached hydrogens (primary N) is 1. The number of alkyl halides is 1. The molecule has 9 nitrogen and oxygen atoms in total. The summed E-state index contributed by atoms with van der Waals surface area (Å²) < 4.78 is 29.8. The molecule has 1 saturated heterocycles. The molecule has 1 aromatic carbocycles. The summed E-state index contributed by atoms with van der Waals surface area (Å²) in [6, 6.07) is 3.42. The summed E-state index contributed by atoms with van der Waals surface area (Å²) in [4.78, 5) is 39.2. The molecule has 1 fully saturated rings. The lowest BCUT2D eigenvalue weighted by Gasteiger charge is -2.24. The maximum atomic E-state index is 14.2. The first-order chi connectivity index (χ1) is 15.3. The fraction of sp³-hybridized carbons (Fsp3) is 0.350. The number of carbonyl (C=O) groups is 2. The molecule has 4 rings (SSSR count). The normalized spacial score (nSPS) is 18.3. The third kappa shape index (κ3) is 4.07. The molecule has 2 aromatic heterocycles. The van der Waals surface area contributed by atoms with Crippen molar-refractivity contribution in [2.75, 3.05) is 12.3 Å². The Morgan fingerprint density at radius 2 is 2.12 bits per heavy atom. The molecule has 2 amide bonds. The number of fused-ring (bicyclic) bond motifs is 1. The average Bonchev–Trinajstić information content (AvgIpc) is 3.30. The summed E-state index contributed by atoms with van der Waals surface area (Å²) in [7, 11) is 0. The van der Waals surface area contributed by atoms with Crippen LogP contribution in [0.2, 0.25) is 5.02 Å². The zero-order valence-electron chi connectivity index (χ0n) is 17.1. The van der Waals surface area contributed by atoms with Gasteiger partial charge in [0, 0.05) is 18.5 Å². The molecule has 0 aliphatic carbocycles. The number of hydrogen-bond donors (Lipinski definition) is 2. The first-order valence-corrected chi connectivity index (χ1v) is 10.2. The van der Waals surface area contributed by atoms with Crippen LogP contribution in [0.25, 0.3) is 11.2 Å². The Hall–Kier alpha value is -3.34. The lowest BCUT2D eigenvalue weighted by molar-refractivity contribution is -0.139. The molecule has 0 bridgehead atoms. The van der Waals surface area contributed by atoms with Crippen molar-refractivity contribution in [3.05, 3.63) is 46.8 Å². The monoisotopic (exact) mass is 463 g/mol. The van der Waals surface area contributed by atoms with Crippen molar-refractivity contribution in [2.45, 2.75) is 38.6 Å². The van der Waals surface area contributed by atoms with Crippen LogP contribution < -0.4 is 11.1 Å². The van der Waals surface area contributed by atoms with Gasteiger partial charge in [0.25, 0.3) is 0 Å². The Labute approximate surface area is 186 Å². The number of nitrogen functional groups attached to an aromatic ring is 1. The fourth-order valence-corrected chi connectivity index (χ4v) is 3.97. The molecule has 0 unspecified atom stereocenters. The van der Waals surface area contributed by atoms with Gasteiger partial charge in [-0.05, 0) is 13.0 Å².